The van der Waals surface area contributed by atoms with Gasteiger partial charge in [-0.05, 0) is 41.5 Å². The van der Waals surface area contributed by atoms with E-state index in [-0.39, 0.29) is 11.9 Å². The topological polar surface area (TPSA) is 26.3 Å². The van der Waals surface area contributed by atoms with E-state index in [4.69, 9.17) is 4.74 Å². The average Bonchev–Trinajstić information content (AvgIpc) is 2.25. The molecule has 0 aliphatic carbocycles. The molecule has 0 heterocycles. The zero-order chi connectivity index (χ0) is 13.7. The lowest BCUT2D eigenvalue weighted by Gasteiger charge is -2.13. The van der Waals surface area contributed by atoms with Crippen molar-refractivity contribution in [3.63, 3.8) is 0 Å². The van der Waals surface area contributed by atoms with Crippen molar-refractivity contribution in [1.29, 1.82) is 0 Å². The lowest BCUT2D eigenvalue weighted by Crippen LogP contribution is -2.04. The van der Waals surface area contributed by atoms with Crippen molar-refractivity contribution in [1.82, 2.24) is 0 Å². The molecule has 0 saturated carbocycles. The van der Waals surface area contributed by atoms with E-state index in [1.807, 2.05) is 18.2 Å². The van der Waals surface area contributed by atoms with Crippen LogP contribution >= 0.6 is 0 Å². The van der Waals surface area contributed by atoms with Crippen LogP contribution in [-0.2, 0) is 11.2 Å². The Labute approximate surface area is 110 Å². The molecule has 0 amide bonds. The largest absolute Gasteiger partial charge is 0.427 e. The van der Waals surface area contributed by atoms with Gasteiger partial charge in [0.2, 0.25) is 0 Å². The van der Waals surface area contributed by atoms with Gasteiger partial charge in [-0.15, -0.1) is 6.58 Å². The normalized spacial score (nSPS) is 12.3. The highest BCUT2D eigenvalue weighted by Crippen LogP contribution is 2.25. The van der Waals surface area contributed by atoms with Gasteiger partial charge in [0.25, 0.3) is 0 Å². The highest BCUT2D eigenvalue weighted by Gasteiger charge is 2.09. The van der Waals surface area contributed by atoms with Crippen LogP contribution in [0.1, 0.15) is 44.7 Å². The maximum Gasteiger partial charge on any atom is 0.308 e. The Hall–Kier alpha value is -1.57. The fraction of sp³-hybridized carbons (Fsp3) is 0.438. The fourth-order valence-electron chi connectivity index (χ4n) is 1.90. The van der Waals surface area contributed by atoms with E-state index in [1.165, 1.54) is 12.5 Å². The van der Waals surface area contributed by atoms with Crippen LogP contribution in [0.25, 0.3) is 0 Å². The molecule has 0 bridgehead atoms. The number of benzene rings is 1. The molecular weight excluding hydrogens is 224 g/mol. The number of allylic oxidation sites excluding steroid dienone is 1. The first-order chi connectivity index (χ1) is 8.42. The van der Waals surface area contributed by atoms with E-state index in [1.54, 1.807) is 0 Å². The first kappa shape index (κ1) is 14.5. The summed E-state index contributed by atoms with van der Waals surface area (Å²) >= 11 is 0. The van der Waals surface area contributed by atoms with Gasteiger partial charge in [-0.1, -0.05) is 32.9 Å². The Morgan fingerprint density at radius 3 is 2.50 bits per heavy atom. The van der Waals surface area contributed by atoms with Crippen LogP contribution in [0.15, 0.2) is 30.9 Å². The van der Waals surface area contributed by atoms with E-state index in [0.29, 0.717) is 11.7 Å². The molecule has 1 unspecified atom stereocenters. The van der Waals surface area contributed by atoms with E-state index in [2.05, 4.69) is 33.4 Å². The monoisotopic (exact) mass is 246 g/mol. The third-order valence-electron chi connectivity index (χ3n) is 2.77. The number of rotatable bonds is 5. The van der Waals surface area contributed by atoms with E-state index in [0.717, 1.165) is 12.0 Å². The third kappa shape index (κ3) is 4.36. The summed E-state index contributed by atoms with van der Waals surface area (Å²) in [7, 11) is 0. The first-order valence-electron chi connectivity index (χ1n) is 6.37. The van der Waals surface area contributed by atoms with Crippen LogP contribution in [0.2, 0.25) is 0 Å². The molecule has 1 aromatic rings. The van der Waals surface area contributed by atoms with E-state index in [9.17, 15) is 4.79 Å². The Bertz CT molecular complexity index is 433. The third-order valence-corrected chi connectivity index (χ3v) is 2.77. The summed E-state index contributed by atoms with van der Waals surface area (Å²) in [6, 6.07) is 6.03. The molecule has 0 saturated heterocycles. The quantitative estimate of drug-likeness (QED) is 0.444. The molecular formula is C16H22O2. The molecule has 2 heteroatoms. The number of hydrogen-bond donors (Lipinski definition) is 0. The number of carbonyl (C=O) groups excluding carboxylic acids is 1. The van der Waals surface area contributed by atoms with Crippen molar-refractivity contribution in [2.24, 2.45) is 5.92 Å². The molecule has 2 nitrogen and oxygen atoms in total. The SMILES string of the molecule is C=CC(C)c1cc(CC(C)C)cc(OC(C)=O)c1. The standard InChI is InChI=1S/C16H22O2/c1-6-12(4)15-8-14(7-11(2)3)9-16(10-15)18-13(5)17/h6,8-12H,1,7H2,2-5H3. The van der Waals surface area contributed by atoms with Crippen molar-refractivity contribution in [2.75, 3.05) is 0 Å². The Balaban J connectivity index is 3.10. The van der Waals surface area contributed by atoms with Crippen LogP contribution in [0.4, 0.5) is 0 Å². The minimum atomic E-state index is -0.283. The van der Waals surface area contributed by atoms with Gasteiger partial charge in [0.1, 0.15) is 5.75 Å². The molecule has 1 rings (SSSR count). The highest BCUT2D eigenvalue weighted by atomic mass is 16.5. The van der Waals surface area contributed by atoms with Crippen molar-refractivity contribution in [3.05, 3.63) is 42.0 Å². The molecule has 0 spiro atoms. The molecule has 18 heavy (non-hydrogen) atoms. The zero-order valence-electron chi connectivity index (χ0n) is 11.7. The Morgan fingerprint density at radius 2 is 2.00 bits per heavy atom. The highest BCUT2D eigenvalue weighted by molar-refractivity contribution is 5.69. The van der Waals surface area contributed by atoms with Crippen LogP contribution in [0.3, 0.4) is 0 Å². The predicted molar refractivity (Wildman–Crippen MR) is 74.9 cm³/mol. The van der Waals surface area contributed by atoms with E-state index < -0.39 is 0 Å². The maximum atomic E-state index is 11.1. The van der Waals surface area contributed by atoms with Crippen molar-refractivity contribution >= 4 is 5.97 Å². The summed E-state index contributed by atoms with van der Waals surface area (Å²) < 4.78 is 5.20. The summed E-state index contributed by atoms with van der Waals surface area (Å²) in [4.78, 5) is 11.1. The molecule has 0 aliphatic heterocycles. The summed E-state index contributed by atoms with van der Waals surface area (Å²) in [6.45, 7) is 11.7. The van der Waals surface area contributed by atoms with Gasteiger partial charge in [-0.2, -0.15) is 0 Å². The zero-order valence-corrected chi connectivity index (χ0v) is 11.7. The second kappa shape index (κ2) is 6.39. The minimum Gasteiger partial charge on any atom is -0.427 e. The summed E-state index contributed by atoms with van der Waals surface area (Å²) in [6.07, 6.45) is 2.87. The minimum absolute atomic E-state index is 0.256. The summed E-state index contributed by atoms with van der Waals surface area (Å²) in [5.74, 6) is 1.18. The number of carbonyl (C=O) groups is 1. The van der Waals surface area contributed by atoms with Crippen LogP contribution in [0.5, 0.6) is 5.75 Å². The van der Waals surface area contributed by atoms with Gasteiger partial charge in [-0.25, -0.2) is 0 Å². The van der Waals surface area contributed by atoms with Gasteiger partial charge in [-0.3, -0.25) is 4.79 Å². The van der Waals surface area contributed by atoms with Gasteiger partial charge in [0.05, 0.1) is 0 Å². The molecule has 98 valence electrons. The van der Waals surface area contributed by atoms with Crippen LogP contribution in [0, 0.1) is 5.92 Å². The fourth-order valence-corrected chi connectivity index (χ4v) is 1.90. The smallest absolute Gasteiger partial charge is 0.308 e. The Morgan fingerprint density at radius 1 is 1.33 bits per heavy atom. The maximum absolute atomic E-state index is 11.1. The lowest BCUT2D eigenvalue weighted by atomic mass is 9.95. The molecule has 1 aromatic carbocycles. The first-order valence-corrected chi connectivity index (χ1v) is 6.37. The molecule has 0 aromatic heterocycles. The van der Waals surface area contributed by atoms with Crippen LogP contribution < -0.4 is 4.74 Å². The van der Waals surface area contributed by atoms with Gasteiger partial charge < -0.3 is 4.74 Å². The van der Waals surface area contributed by atoms with E-state index >= 15 is 0 Å². The second-order valence-corrected chi connectivity index (χ2v) is 5.13. The lowest BCUT2D eigenvalue weighted by molar-refractivity contribution is -0.131. The van der Waals surface area contributed by atoms with Crippen LogP contribution in [-0.4, -0.2) is 5.97 Å². The van der Waals surface area contributed by atoms with Gasteiger partial charge in [0.15, 0.2) is 0 Å². The summed E-state index contributed by atoms with van der Waals surface area (Å²) in [5, 5.41) is 0. The molecule has 0 N–H and O–H groups in total. The number of hydrogen-bond acceptors (Lipinski definition) is 2. The number of esters is 1. The van der Waals surface area contributed by atoms with Gasteiger partial charge in [0, 0.05) is 6.92 Å². The van der Waals surface area contributed by atoms with Crippen molar-refractivity contribution in [2.45, 2.75) is 40.0 Å². The Kier molecular flexibility index (Phi) is 5.14. The molecule has 0 radical (unpaired) electrons. The van der Waals surface area contributed by atoms with Gasteiger partial charge >= 0.3 is 5.97 Å². The molecule has 1 atom stereocenters. The van der Waals surface area contributed by atoms with Crippen molar-refractivity contribution in [3.8, 4) is 5.75 Å². The summed E-state index contributed by atoms with van der Waals surface area (Å²) in [5.41, 5.74) is 2.34. The van der Waals surface area contributed by atoms with Crippen molar-refractivity contribution < 1.29 is 9.53 Å². The number of ether oxygens (including phenoxy) is 1. The average molecular weight is 246 g/mol. The molecule has 0 fully saturated rings. The second-order valence-electron chi connectivity index (χ2n) is 5.13. The molecule has 0 aliphatic rings. The predicted octanol–water partition coefficient (Wildman–Crippen LogP) is 4.10.